The highest BCUT2D eigenvalue weighted by Gasteiger charge is 2.37. The topological polar surface area (TPSA) is 112 Å². The normalized spacial score (nSPS) is 13.7. The molecule has 0 aliphatic rings. The zero-order valence-electron chi connectivity index (χ0n) is 15.0. The van der Waals surface area contributed by atoms with Gasteiger partial charge in [-0.05, 0) is 50.6 Å². The van der Waals surface area contributed by atoms with Crippen LogP contribution in [0.1, 0.15) is 38.2 Å². The van der Waals surface area contributed by atoms with Crippen molar-refractivity contribution in [1.82, 2.24) is 10.6 Å². The van der Waals surface area contributed by atoms with E-state index in [0.29, 0.717) is 11.3 Å². The van der Waals surface area contributed by atoms with Crippen molar-refractivity contribution in [3.63, 3.8) is 0 Å². The molecule has 140 valence electrons. The number of carbonyl (C=O) groups is 2. The number of hydrogen-bond donors (Lipinski definition) is 4. The number of amides is 2. The Morgan fingerprint density at radius 3 is 2.42 bits per heavy atom. The van der Waals surface area contributed by atoms with Crippen LogP contribution >= 0.6 is 0 Å². The Morgan fingerprint density at radius 1 is 1.19 bits per heavy atom. The largest absolute Gasteiger partial charge is 0.508 e. The third-order valence-corrected chi connectivity index (χ3v) is 4.24. The van der Waals surface area contributed by atoms with E-state index in [-0.39, 0.29) is 18.2 Å². The lowest BCUT2D eigenvalue weighted by atomic mass is 9.81. The summed E-state index contributed by atoms with van der Waals surface area (Å²) in [5, 5.41) is 25.2. The molecule has 7 nitrogen and oxygen atoms in total. The number of rotatable bonds is 7. The molecule has 0 radical (unpaired) electrons. The minimum atomic E-state index is -1.17. The first kappa shape index (κ1) is 19.5. The molecule has 2 unspecified atom stereocenters. The number of carbonyl (C=O) groups excluding carboxylic acids is 2. The van der Waals surface area contributed by atoms with Crippen LogP contribution in [0.2, 0.25) is 0 Å². The molecule has 0 saturated heterocycles. The fourth-order valence-electron chi connectivity index (χ4n) is 2.39. The van der Waals surface area contributed by atoms with Gasteiger partial charge < -0.3 is 25.3 Å². The van der Waals surface area contributed by atoms with Crippen LogP contribution in [-0.4, -0.2) is 28.1 Å². The molecule has 0 aliphatic heterocycles. The standard InChI is InChI=1S/C19H24N2O5/c1-12(17(24)20-11-15-5-4-10-26-15)21-18(25)19(2,3)16(23)13-6-8-14(22)9-7-13/h4-10,12,16,22-23H,11H2,1-3H3,(H,20,24)(H,21,25). The molecule has 2 atom stereocenters. The first-order valence-corrected chi connectivity index (χ1v) is 8.30. The first-order valence-electron chi connectivity index (χ1n) is 8.30. The zero-order valence-corrected chi connectivity index (χ0v) is 15.0. The van der Waals surface area contributed by atoms with E-state index in [2.05, 4.69) is 10.6 Å². The van der Waals surface area contributed by atoms with Gasteiger partial charge in [0.15, 0.2) is 0 Å². The number of aliphatic hydroxyl groups is 1. The summed E-state index contributed by atoms with van der Waals surface area (Å²) in [7, 11) is 0. The lowest BCUT2D eigenvalue weighted by molar-refractivity contribution is -0.139. The fraction of sp³-hybridized carbons (Fsp3) is 0.368. The lowest BCUT2D eigenvalue weighted by Gasteiger charge is -2.30. The number of nitrogens with one attached hydrogen (secondary N) is 2. The Balaban J connectivity index is 1.95. The van der Waals surface area contributed by atoms with Gasteiger partial charge in [0.05, 0.1) is 24.3 Å². The summed E-state index contributed by atoms with van der Waals surface area (Å²) in [6.45, 7) is 4.98. The molecule has 0 aliphatic carbocycles. The molecular formula is C19H24N2O5. The van der Waals surface area contributed by atoms with Crippen LogP contribution in [0, 0.1) is 5.41 Å². The Kier molecular flexibility index (Phi) is 6.05. The molecular weight excluding hydrogens is 336 g/mol. The maximum Gasteiger partial charge on any atom is 0.242 e. The molecule has 0 spiro atoms. The lowest BCUT2D eigenvalue weighted by Crippen LogP contribution is -2.50. The second-order valence-corrected chi connectivity index (χ2v) is 6.71. The van der Waals surface area contributed by atoms with Crippen LogP contribution in [0.25, 0.3) is 0 Å². The van der Waals surface area contributed by atoms with Crippen molar-refractivity contribution in [3.8, 4) is 5.75 Å². The summed E-state index contributed by atoms with van der Waals surface area (Å²) in [4.78, 5) is 24.7. The molecule has 26 heavy (non-hydrogen) atoms. The average molecular weight is 360 g/mol. The van der Waals surface area contributed by atoms with Gasteiger partial charge in [-0.25, -0.2) is 0 Å². The first-order chi connectivity index (χ1) is 12.2. The summed E-state index contributed by atoms with van der Waals surface area (Å²) in [5.74, 6) is -0.131. The van der Waals surface area contributed by atoms with Gasteiger partial charge in [0.2, 0.25) is 11.8 Å². The summed E-state index contributed by atoms with van der Waals surface area (Å²) in [6.07, 6.45) is 0.418. The van der Waals surface area contributed by atoms with Gasteiger partial charge in [0, 0.05) is 0 Å². The van der Waals surface area contributed by atoms with Crippen LogP contribution in [0.4, 0.5) is 0 Å². The number of furan rings is 1. The molecule has 1 aromatic carbocycles. The highest BCUT2D eigenvalue weighted by atomic mass is 16.3. The molecule has 0 fully saturated rings. The van der Waals surface area contributed by atoms with E-state index in [0.717, 1.165) is 0 Å². The predicted octanol–water partition coefficient (Wildman–Crippen LogP) is 1.87. The summed E-state index contributed by atoms with van der Waals surface area (Å²) in [5.41, 5.74) is -0.676. The number of hydrogen-bond acceptors (Lipinski definition) is 5. The van der Waals surface area contributed by atoms with Crippen LogP contribution in [-0.2, 0) is 16.1 Å². The van der Waals surface area contributed by atoms with Crippen molar-refractivity contribution < 1.29 is 24.2 Å². The molecule has 0 bridgehead atoms. The van der Waals surface area contributed by atoms with Crippen molar-refractivity contribution in [1.29, 1.82) is 0 Å². The van der Waals surface area contributed by atoms with Gasteiger partial charge in [-0.15, -0.1) is 0 Å². The number of phenolic OH excluding ortho intramolecular Hbond substituents is 1. The summed E-state index contributed by atoms with van der Waals surface area (Å²) >= 11 is 0. The van der Waals surface area contributed by atoms with Crippen LogP contribution in [0.5, 0.6) is 5.75 Å². The van der Waals surface area contributed by atoms with E-state index in [9.17, 15) is 19.8 Å². The van der Waals surface area contributed by atoms with Crippen molar-refractivity contribution >= 4 is 11.8 Å². The van der Waals surface area contributed by atoms with Gasteiger partial charge in [-0.1, -0.05) is 12.1 Å². The number of aromatic hydroxyl groups is 1. The number of benzene rings is 1. The Hall–Kier alpha value is -2.80. The smallest absolute Gasteiger partial charge is 0.242 e. The van der Waals surface area contributed by atoms with Crippen molar-refractivity contribution in [2.45, 2.75) is 39.5 Å². The van der Waals surface area contributed by atoms with Crippen molar-refractivity contribution in [2.75, 3.05) is 0 Å². The summed E-state index contributed by atoms with van der Waals surface area (Å²) in [6, 6.07) is 8.67. The van der Waals surface area contributed by atoms with Gasteiger partial charge in [0.1, 0.15) is 17.6 Å². The average Bonchev–Trinajstić information content (AvgIpc) is 3.13. The second-order valence-electron chi connectivity index (χ2n) is 6.71. The van der Waals surface area contributed by atoms with E-state index < -0.39 is 23.5 Å². The molecule has 1 heterocycles. The monoisotopic (exact) mass is 360 g/mol. The Labute approximate surface area is 152 Å². The zero-order chi connectivity index (χ0) is 19.3. The van der Waals surface area contributed by atoms with Crippen molar-refractivity contribution in [2.24, 2.45) is 5.41 Å². The Morgan fingerprint density at radius 2 is 1.85 bits per heavy atom. The highest BCUT2D eigenvalue weighted by Crippen LogP contribution is 2.34. The quantitative estimate of drug-likeness (QED) is 0.602. The maximum atomic E-state index is 12.6. The SMILES string of the molecule is CC(NC(=O)C(C)(C)C(O)c1ccc(O)cc1)C(=O)NCc1ccco1. The highest BCUT2D eigenvalue weighted by molar-refractivity contribution is 5.89. The molecule has 0 saturated carbocycles. The third-order valence-electron chi connectivity index (χ3n) is 4.24. The van der Waals surface area contributed by atoms with Crippen LogP contribution in [0.3, 0.4) is 0 Å². The van der Waals surface area contributed by atoms with E-state index in [1.165, 1.54) is 18.4 Å². The number of phenols is 1. The number of aliphatic hydroxyl groups excluding tert-OH is 1. The summed E-state index contributed by atoms with van der Waals surface area (Å²) < 4.78 is 5.13. The molecule has 7 heteroatoms. The second kappa shape index (κ2) is 8.05. The van der Waals surface area contributed by atoms with E-state index in [1.807, 2.05) is 0 Å². The van der Waals surface area contributed by atoms with Crippen molar-refractivity contribution in [3.05, 3.63) is 54.0 Å². The fourth-order valence-corrected chi connectivity index (χ4v) is 2.39. The van der Waals surface area contributed by atoms with Gasteiger partial charge >= 0.3 is 0 Å². The van der Waals surface area contributed by atoms with Crippen LogP contribution < -0.4 is 10.6 Å². The molecule has 4 N–H and O–H groups in total. The van der Waals surface area contributed by atoms with E-state index in [1.54, 1.807) is 45.0 Å². The van der Waals surface area contributed by atoms with Gasteiger partial charge in [0.25, 0.3) is 0 Å². The molecule has 2 rings (SSSR count). The molecule has 2 amide bonds. The van der Waals surface area contributed by atoms with Gasteiger partial charge in [-0.2, -0.15) is 0 Å². The minimum absolute atomic E-state index is 0.0741. The predicted molar refractivity (Wildman–Crippen MR) is 95.0 cm³/mol. The Bertz CT molecular complexity index is 738. The third kappa shape index (κ3) is 4.64. The van der Waals surface area contributed by atoms with Crippen LogP contribution in [0.15, 0.2) is 47.1 Å². The van der Waals surface area contributed by atoms with E-state index >= 15 is 0 Å². The maximum absolute atomic E-state index is 12.6. The molecule has 2 aromatic rings. The van der Waals surface area contributed by atoms with E-state index in [4.69, 9.17) is 4.42 Å². The minimum Gasteiger partial charge on any atom is -0.508 e. The molecule has 1 aromatic heterocycles. The van der Waals surface area contributed by atoms with Gasteiger partial charge in [-0.3, -0.25) is 9.59 Å².